The molecule has 31 heavy (non-hydrogen) atoms. The summed E-state index contributed by atoms with van der Waals surface area (Å²) in [5.74, 6) is 0.856. The third-order valence-electron chi connectivity index (χ3n) is 6.99. The number of allylic oxidation sites excluding steroid dienone is 2. The molecule has 3 fully saturated rings. The summed E-state index contributed by atoms with van der Waals surface area (Å²) in [5, 5.41) is 16.5. The zero-order chi connectivity index (χ0) is 21.4. The van der Waals surface area contributed by atoms with Crippen molar-refractivity contribution in [3.05, 3.63) is 62.8 Å². The number of hydrogen-bond donors (Lipinski definition) is 0. The van der Waals surface area contributed by atoms with Gasteiger partial charge in [0.05, 0.1) is 28.5 Å². The molecule has 4 aliphatic carbocycles. The number of rotatable bonds is 4. The molecule has 1 aromatic carbocycles. The van der Waals surface area contributed by atoms with Crippen LogP contribution in [0.3, 0.4) is 0 Å². The molecule has 2 saturated carbocycles. The van der Waals surface area contributed by atoms with Crippen LogP contribution in [0.4, 0.5) is 5.69 Å². The standard InChI is InChI=1S/C22H16BrN3O5/c23-10-1-3-14(17(7-10)26(29)30)18-6-2-11(31-18)9-24-25-21(27)19-12-4-5-13(16-8-15(12)16)20(19)22(25)28/h1-7,9,12-13,15-16,19-20H,8H2/b24-9-/t12-,13-,15-,16+,19+,20-/m1/s1. The molecule has 0 spiro atoms. The Hall–Kier alpha value is -3.07. The van der Waals surface area contributed by atoms with E-state index in [1.54, 1.807) is 24.3 Å². The highest BCUT2D eigenvalue weighted by atomic mass is 79.9. The number of amides is 2. The predicted octanol–water partition coefficient (Wildman–Crippen LogP) is 4.00. The van der Waals surface area contributed by atoms with Crippen LogP contribution in [0.2, 0.25) is 0 Å². The number of carbonyl (C=O) groups is 2. The number of halogens is 1. The van der Waals surface area contributed by atoms with Crippen molar-refractivity contribution < 1.29 is 18.9 Å². The van der Waals surface area contributed by atoms with Crippen molar-refractivity contribution in [2.24, 2.45) is 40.6 Å². The van der Waals surface area contributed by atoms with E-state index in [1.165, 1.54) is 12.3 Å². The van der Waals surface area contributed by atoms with Crippen molar-refractivity contribution >= 4 is 39.6 Å². The second kappa shape index (κ2) is 6.46. The van der Waals surface area contributed by atoms with E-state index < -0.39 is 4.92 Å². The van der Waals surface area contributed by atoms with Crippen molar-refractivity contribution in [1.82, 2.24) is 5.01 Å². The third kappa shape index (κ3) is 2.69. The van der Waals surface area contributed by atoms with Crippen LogP contribution in [0.25, 0.3) is 11.3 Å². The fourth-order valence-electron chi connectivity index (χ4n) is 5.60. The SMILES string of the molecule is O=C1[C@@H]2[C@@H]3C=C[C@H]([C@H]4C[C@@H]34)[C@@H]2C(=O)N1/N=C\c1ccc(-c2ccc(Br)cc2[N+](=O)[O-])o1. The summed E-state index contributed by atoms with van der Waals surface area (Å²) in [7, 11) is 0. The van der Waals surface area contributed by atoms with E-state index in [4.69, 9.17) is 4.42 Å². The Bertz CT molecular complexity index is 1180. The van der Waals surface area contributed by atoms with Gasteiger partial charge in [-0.15, -0.1) is 0 Å². The lowest BCUT2D eigenvalue weighted by atomic mass is 9.63. The van der Waals surface area contributed by atoms with Gasteiger partial charge in [-0.3, -0.25) is 19.7 Å². The Morgan fingerprint density at radius 1 is 1.10 bits per heavy atom. The predicted molar refractivity (Wildman–Crippen MR) is 113 cm³/mol. The van der Waals surface area contributed by atoms with Crippen LogP contribution in [-0.4, -0.2) is 28.0 Å². The van der Waals surface area contributed by atoms with Gasteiger partial charge in [0.2, 0.25) is 0 Å². The molecule has 8 nitrogen and oxygen atoms in total. The molecule has 7 rings (SSSR count). The van der Waals surface area contributed by atoms with Gasteiger partial charge in [0.15, 0.2) is 0 Å². The molecule has 0 radical (unpaired) electrons. The molecule has 1 aliphatic heterocycles. The van der Waals surface area contributed by atoms with E-state index in [-0.39, 0.29) is 41.2 Å². The fourth-order valence-corrected chi connectivity index (χ4v) is 5.95. The van der Waals surface area contributed by atoms with E-state index in [0.717, 1.165) is 11.4 Å². The summed E-state index contributed by atoms with van der Waals surface area (Å²) in [6.45, 7) is 0. The lowest BCUT2D eigenvalue weighted by Gasteiger charge is -2.37. The van der Waals surface area contributed by atoms with Crippen LogP contribution >= 0.6 is 15.9 Å². The number of hydrogen-bond acceptors (Lipinski definition) is 6. The normalized spacial score (nSPS) is 32.6. The molecule has 0 N–H and O–H groups in total. The molecule has 6 atom stereocenters. The van der Waals surface area contributed by atoms with Crippen LogP contribution in [0.5, 0.6) is 0 Å². The molecular formula is C22H16BrN3O5. The minimum absolute atomic E-state index is 0.0947. The maximum absolute atomic E-state index is 13.0. The Morgan fingerprint density at radius 2 is 1.77 bits per heavy atom. The van der Waals surface area contributed by atoms with Gasteiger partial charge in [0.25, 0.3) is 17.5 Å². The lowest BCUT2D eigenvalue weighted by Crippen LogP contribution is -2.40. The van der Waals surface area contributed by atoms with Crippen molar-refractivity contribution in [3.8, 4) is 11.3 Å². The van der Waals surface area contributed by atoms with Crippen molar-refractivity contribution in [3.63, 3.8) is 0 Å². The van der Waals surface area contributed by atoms with E-state index in [2.05, 4.69) is 33.2 Å². The molecule has 0 unspecified atom stereocenters. The summed E-state index contributed by atoms with van der Waals surface area (Å²) in [6.07, 6.45) is 6.65. The van der Waals surface area contributed by atoms with Crippen LogP contribution in [0.15, 0.2) is 56.5 Å². The van der Waals surface area contributed by atoms with Gasteiger partial charge in [-0.1, -0.05) is 28.1 Å². The molecule has 1 aromatic heterocycles. The van der Waals surface area contributed by atoms with Gasteiger partial charge in [-0.25, -0.2) is 0 Å². The van der Waals surface area contributed by atoms with Gasteiger partial charge < -0.3 is 4.42 Å². The molecule has 2 aromatic rings. The number of benzene rings is 1. The Kier molecular flexibility index (Phi) is 3.89. The first-order valence-corrected chi connectivity index (χ1v) is 10.9. The van der Waals surface area contributed by atoms with Crippen molar-refractivity contribution in [1.29, 1.82) is 0 Å². The molecule has 5 aliphatic rings. The first-order chi connectivity index (χ1) is 14.9. The van der Waals surface area contributed by atoms with Gasteiger partial charge in [0, 0.05) is 10.5 Å². The monoisotopic (exact) mass is 481 g/mol. The molecule has 2 amide bonds. The highest BCUT2D eigenvalue weighted by molar-refractivity contribution is 9.10. The average molecular weight is 482 g/mol. The average Bonchev–Trinajstić information content (AvgIpc) is 3.39. The maximum Gasteiger partial charge on any atom is 0.281 e. The maximum atomic E-state index is 13.0. The number of nitrogens with zero attached hydrogens (tertiary/aromatic N) is 3. The van der Waals surface area contributed by atoms with E-state index in [9.17, 15) is 19.7 Å². The summed E-state index contributed by atoms with van der Waals surface area (Å²) in [5.41, 5.74) is 0.233. The summed E-state index contributed by atoms with van der Waals surface area (Å²) in [6, 6.07) is 7.89. The smallest absolute Gasteiger partial charge is 0.281 e. The zero-order valence-corrected chi connectivity index (χ0v) is 17.6. The zero-order valence-electron chi connectivity index (χ0n) is 16.1. The molecule has 1 saturated heterocycles. The van der Waals surface area contributed by atoms with Crippen molar-refractivity contribution in [2.75, 3.05) is 0 Å². The number of hydrazone groups is 1. The summed E-state index contributed by atoms with van der Waals surface area (Å²) < 4.78 is 6.29. The Labute approximate surface area is 184 Å². The van der Waals surface area contributed by atoms with Gasteiger partial charge in [0.1, 0.15) is 11.5 Å². The largest absolute Gasteiger partial charge is 0.455 e. The second-order valence-corrected chi connectivity index (χ2v) is 9.42. The molecular weight excluding hydrogens is 466 g/mol. The highest BCUT2D eigenvalue weighted by Crippen LogP contribution is 2.65. The minimum atomic E-state index is -0.480. The summed E-state index contributed by atoms with van der Waals surface area (Å²) >= 11 is 3.23. The highest BCUT2D eigenvalue weighted by Gasteiger charge is 2.67. The Balaban J connectivity index is 1.26. The molecule has 9 heteroatoms. The number of imide groups is 1. The lowest BCUT2D eigenvalue weighted by molar-refractivity contribution is -0.384. The number of furan rings is 1. The van der Waals surface area contributed by atoms with Crippen molar-refractivity contribution in [2.45, 2.75) is 6.42 Å². The van der Waals surface area contributed by atoms with Gasteiger partial charge in [-0.05, 0) is 54.4 Å². The Morgan fingerprint density at radius 3 is 2.42 bits per heavy atom. The third-order valence-corrected chi connectivity index (χ3v) is 7.48. The van der Waals surface area contributed by atoms with E-state index in [0.29, 0.717) is 33.4 Å². The van der Waals surface area contributed by atoms with E-state index in [1.807, 2.05) is 0 Å². The van der Waals surface area contributed by atoms with Crippen LogP contribution in [0.1, 0.15) is 12.2 Å². The number of carbonyl (C=O) groups excluding carboxylic acids is 2. The quantitative estimate of drug-likeness (QED) is 0.215. The van der Waals surface area contributed by atoms with Gasteiger partial charge >= 0.3 is 0 Å². The topological polar surface area (TPSA) is 106 Å². The molecule has 2 bridgehead atoms. The fraction of sp³-hybridized carbons (Fsp3) is 0.318. The first kappa shape index (κ1) is 18.7. The number of nitro benzene ring substituents is 1. The van der Waals surface area contributed by atoms with E-state index >= 15 is 0 Å². The van der Waals surface area contributed by atoms with Crippen LogP contribution in [-0.2, 0) is 9.59 Å². The molecule has 2 heterocycles. The second-order valence-electron chi connectivity index (χ2n) is 8.51. The molecule has 156 valence electrons. The summed E-state index contributed by atoms with van der Waals surface area (Å²) in [4.78, 5) is 36.8. The van der Waals surface area contributed by atoms with Crippen LogP contribution in [0, 0.1) is 45.6 Å². The van der Waals surface area contributed by atoms with Gasteiger partial charge in [-0.2, -0.15) is 10.1 Å². The van der Waals surface area contributed by atoms with Crippen LogP contribution < -0.4 is 0 Å². The first-order valence-electron chi connectivity index (χ1n) is 10.1. The minimum Gasteiger partial charge on any atom is -0.455 e. The number of nitro groups is 1.